The number of amides is 1. The highest BCUT2D eigenvalue weighted by molar-refractivity contribution is 6.46. The van der Waals surface area contributed by atoms with E-state index in [4.69, 9.17) is 9.84 Å². The number of hydrogen-bond donors (Lipinski definition) is 2. The Bertz CT molecular complexity index is 938. The lowest BCUT2D eigenvalue weighted by molar-refractivity contribution is -0.140. The second kappa shape index (κ2) is 8.98. The largest absolute Gasteiger partial charge is 0.507 e. The van der Waals surface area contributed by atoms with Gasteiger partial charge < -0.3 is 19.8 Å². The average Bonchev–Trinajstić information content (AvgIpc) is 2.96. The molecule has 0 bridgehead atoms. The molecule has 2 aromatic rings. The van der Waals surface area contributed by atoms with Gasteiger partial charge in [-0.25, -0.2) is 4.39 Å². The Kier molecular flexibility index (Phi) is 6.41. The van der Waals surface area contributed by atoms with E-state index >= 15 is 0 Å². The Morgan fingerprint density at radius 1 is 1.10 bits per heavy atom. The molecule has 6 nitrogen and oxygen atoms in total. The number of halogens is 1. The Balaban J connectivity index is 2.08. The van der Waals surface area contributed by atoms with Gasteiger partial charge in [0, 0.05) is 17.7 Å². The van der Waals surface area contributed by atoms with Gasteiger partial charge in [0.15, 0.2) is 0 Å². The fraction of sp³-hybridized carbons (Fsp3) is 0.273. The Labute approximate surface area is 167 Å². The SMILES string of the molecule is Cc1ccc(/C(O)=C2/C(=O)C(=O)N(CCOCCO)C2c2ccccc2F)cc1. The zero-order chi connectivity index (χ0) is 21.0. The highest BCUT2D eigenvalue weighted by atomic mass is 19.1. The maximum atomic E-state index is 14.6. The third kappa shape index (κ3) is 4.21. The Hall–Kier alpha value is -3.03. The molecule has 1 saturated heterocycles. The first kappa shape index (κ1) is 20.7. The summed E-state index contributed by atoms with van der Waals surface area (Å²) in [7, 11) is 0. The summed E-state index contributed by atoms with van der Waals surface area (Å²) in [5, 5.41) is 19.7. The molecule has 0 spiro atoms. The van der Waals surface area contributed by atoms with Crippen LogP contribution in [0.3, 0.4) is 0 Å². The predicted octanol–water partition coefficient (Wildman–Crippen LogP) is 2.56. The van der Waals surface area contributed by atoms with Crippen molar-refractivity contribution in [1.82, 2.24) is 4.90 Å². The first-order valence-electron chi connectivity index (χ1n) is 9.24. The number of ketones is 1. The molecule has 29 heavy (non-hydrogen) atoms. The lowest BCUT2D eigenvalue weighted by Crippen LogP contribution is -2.33. The Morgan fingerprint density at radius 2 is 1.79 bits per heavy atom. The first-order valence-corrected chi connectivity index (χ1v) is 9.24. The third-order valence-corrected chi connectivity index (χ3v) is 4.78. The molecular formula is C22H22FNO5. The summed E-state index contributed by atoms with van der Waals surface area (Å²) in [6.45, 7) is 1.85. The minimum absolute atomic E-state index is 0.00819. The van der Waals surface area contributed by atoms with E-state index in [-0.39, 0.29) is 43.3 Å². The van der Waals surface area contributed by atoms with Crippen molar-refractivity contribution in [2.45, 2.75) is 13.0 Å². The Morgan fingerprint density at radius 3 is 2.45 bits per heavy atom. The summed E-state index contributed by atoms with van der Waals surface area (Å²) >= 11 is 0. The van der Waals surface area contributed by atoms with Crippen LogP contribution < -0.4 is 0 Å². The molecule has 0 aliphatic carbocycles. The van der Waals surface area contributed by atoms with Crippen LogP contribution in [0.15, 0.2) is 54.1 Å². The number of aliphatic hydroxyl groups is 2. The summed E-state index contributed by atoms with van der Waals surface area (Å²) in [6.07, 6.45) is 0. The molecule has 1 heterocycles. The van der Waals surface area contributed by atoms with Crippen molar-refractivity contribution >= 4 is 17.4 Å². The smallest absolute Gasteiger partial charge is 0.295 e. The number of nitrogens with zero attached hydrogens (tertiary/aromatic N) is 1. The van der Waals surface area contributed by atoms with E-state index in [1.54, 1.807) is 30.3 Å². The van der Waals surface area contributed by atoms with Gasteiger partial charge in [0.05, 0.1) is 31.4 Å². The second-order valence-electron chi connectivity index (χ2n) is 6.72. The fourth-order valence-electron chi connectivity index (χ4n) is 3.33. The zero-order valence-electron chi connectivity index (χ0n) is 16.0. The summed E-state index contributed by atoms with van der Waals surface area (Å²) in [5.41, 5.74) is 1.29. The van der Waals surface area contributed by atoms with Gasteiger partial charge in [0.25, 0.3) is 11.7 Å². The van der Waals surface area contributed by atoms with Crippen molar-refractivity contribution in [2.75, 3.05) is 26.4 Å². The summed E-state index contributed by atoms with van der Waals surface area (Å²) < 4.78 is 19.8. The lowest BCUT2D eigenvalue weighted by Gasteiger charge is -2.25. The number of ether oxygens (including phenoxy) is 1. The minimum Gasteiger partial charge on any atom is -0.507 e. The molecule has 7 heteroatoms. The molecule has 2 N–H and O–H groups in total. The first-order chi connectivity index (χ1) is 14.0. The number of aliphatic hydroxyl groups excluding tert-OH is 2. The quantitative estimate of drug-likeness (QED) is 0.323. The van der Waals surface area contributed by atoms with Crippen molar-refractivity contribution in [1.29, 1.82) is 0 Å². The van der Waals surface area contributed by atoms with E-state index in [1.165, 1.54) is 23.1 Å². The van der Waals surface area contributed by atoms with Crippen LogP contribution in [0.5, 0.6) is 0 Å². The molecule has 0 saturated carbocycles. The van der Waals surface area contributed by atoms with Gasteiger partial charge in [-0.1, -0.05) is 48.0 Å². The number of benzene rings is 2. The topological polar surface area (TPSA) is 87.1 Å². The molecule has 1 aliphatic heterocycles. The fourth-order valence-corrected chi connectivity index (χ4v) is 3.33. The lowest BCUT2D eigenvalue weighted by atomic mass is 9.94. The summed E-state index contributed by atoms with van der Waals surface area (Å²) in [4.78, 5) is 26.6. The van der Waals surface area contributed by atoms with Crippen LogP contribution in [0.2, 0.25) is 0 Å². The molecule has 1 fully saturated rings. The van der Waals surface area contributed by atoms with Crippen LogP contribution in [-0.4, -0.2) is 53.2 Å². The van der Waals surface area contributed by atoms with E-state index < -0.39 is 23.5 Å². The average molecular weight is 399 g/mol. The molecule has 3 rings (SSSR count). The minimum atomic E-state index is -1.07. The van der Waals surface area contributed by atoms with E-state index in [9.17, 15) is 19.1 Å². The van der Waals surface area contributed by atoms with Crippen molar-refractivity contribution in [3.8, 4) is 0 Å². The van der Waals surface area contributed by atoms with Gasteiger partial charge in [-0.3, -0.25) is 9.59 Å². The third-order valence-electron chi connectivity index (χ3n) is 4.78. The number of likely N-dealkylation sites (tertiary alicyclic amines) is 1. The van der Waals surface area contributed by atoms with Crippen LogP contribution in [0.4, 0.5) is 4.39 Å². The molecule has 1 atom stereocenters. The number of hydrogen-bond acceptors (Lipinski definition) is 5. The molecule has 0 radical (unpaired) electrons. The zero-order valence-corrected chi connectivity index (χ0v) is 16.0. The predicted molar refractivity (Wildman–Crippen MR) is 104 cm³/mol. The van der Waals surface area contributed by atoms with Gasteiger partial charge in [-0.2, -0.15) is 0 Å². The van der Waals surface area contributed by atoms with Crippen molar-refractivity contribution in [2.24, 2.45) is 0 Å². The molecule has 1 unspecified atom stereocenters. The van der Waals surface area contributed by atoms with E-state index in [2.05, 4.69) is 0 Å². The second-order valence-corrected chi connectivity index (χ2v) is 6.72. The van der Waals surface area contributed by atoms with Crippen LogP contribution >= 0.6 is 0 Å². The van der Waals surface area contributed by atoms with Crippen LogP contribution in [0.1, 0.15) is 22.7 Å². The monoisotopic (exact) mass is 399 g/mol. The molecule has 1 amide bonds. The van der Waals surface area contributed by atoms with Crippen molar-refractivity contribution < 1.29 is 28.9 Å². The van der Waals surface area contributed by atoms with Crippen LogP contribution in [-0.2, 0) is 14.3 Å². The number of rotatable bonds is 7. The highest BCUT2D eigenvalue weighted by Gasteiger charge is 2.46. The highest BCUT2D eigenvalue weighted by Crippen LogP contribution is 2.40. The number of carbonyl (C=O) groups is 2. The van der Waals surface area contributed by atoms with Gasteiger partial charge in [0.2, 0.25) is 0 Å². The molecule has 1 aliphatic rings. The number of carbonyl (C=O) groups excluding carboxylic acids is 2. The number of aryl methyl sites for hydroxylation is 1. The standard InChI is InChI=1S/C22H22FNO5/c1-14-6-8-15(9-7-14)20(26)18-19(16-4-2-3-5-17(16)23)24(22(28)21(18)27)10-12-29-13-11-25/h2-9,19,25-26H,10-13H2,1H3/b20-18-. The van der Waals surface area contributed by atoms with Gasteiger partial charge in [-0.15, -0.1) is 0 Å². The van der Waals surface area contributed by atoms with Gasteiger partial charge >= 0.3 is 0 Å². The molecule has 0 aromatic heterocycles. The summed E-state index contributed by atoms with van der Waals surface area (Å²) in [5.74, 6) is -2.65. The van der Waals surface area contributed by atoms with Crippen molar-refractivity contribution in [3.63, 3.8) is 0 Å². The van der Waals surface area contributed by atoms with E-state index in [1.807, 2.05) is 6.92 Å². The van der Waals surface area contributed by atoms with Gasteiger partial charge in [-0.05, 0) is 13.0 Å². The van der Waals surface area contributed by atoms with Crippen LogP contribution in [0, 0.1) is 12.7 Å². The van der Waals surface area contributed by atoms with E-state index in [0.717, 1.165) is 5.56 Å². The van der Waals surface area contributed by atoms with Crippen molar-refractivity contribution in [3.05, 3.63) is 76.6 Å². The number of Topliss-reactive ketones (excluding diaryl/α,β-unsaturated/α-hetero) is 1. The molecular weight excluding hydrogens is 377 g/mol. The molecule has 2 aromatic carbocycles. The molecule has 152 valence electrons. The maximum Gasteiger partial charge on any atom is 0.295 e. The maximum absolute atomic E-state index is 14.6. The van der Waals surface area contributed by atoms with E-state index in [0.29, 0.717) is 5.56 Å². The van der Waals surface area contributed by atoms with Gasteiger partial charge in [0.1, 0.15) is 11.6 Å². The normalized spacial score (nSPS) is 18.4. The summed E-state index contributed by atoms with van der Waals surface area (Å²) in [6, 6.07) is 11.6. The van der Waals surface area contributed by atoms with Crippen LogP contribution in [0.25, 0.3) is 5.76 Å².